The maximum atomic E-state index is 13.3. The minimum Gasteiger partial charge on any atom is -0.353 e. The summed E-state index contributed by atoms with van der Waals surface area (Å²) in [5.41, 5.74) is -2.49. The summed E-state index contributed by atoms with van der Waals surface area (Å²) >= 11 is 5.82. The van der Waals surface area contributed by atoms with Gasteiger partial charge in [-0.1, -0.05) is 11.6 Å². The molecule has 1 N–H and O–H groups in total. The number of halogens is 5. The Labute approximate surface area is 191 Å². The first-order chi connectivity index (χ1) is 15.6. The Balaban J connectivity index is 1.38. The van der Waals surface area contributed by atoms with E-state index in [-0.39, 0.29) is 23.2 Å². The van der Waals surface area contributed by atoms with Crippen molar-refractivity contribution in [3.05, 3.63) is 50.8 Å². The highest BCUT2D eigenvalue weighted by Crippen LogP contribution is 2.33. The maximum absolute atomic E-state index is 13.3. The minimum absolute atomic E-state index is 0.0249. The molecule has 4 rings (SSSR count). The van der Waals surface area contributed by atoms with Crippen LogP contribution in [0.2, 0.25) is 5.02 Å². The topological polar surface area (TPSA) is 85.4 Å². The average molecular weight is 489 g/mol. The van der Waals surface area contributed by atoms with Gasteiger partial charge in [0.2, 0.25) is 5.91 Å². The molecule has 0 radical (unpaired) electrons. The monoisotopic (exact) mass is 488 g/mol. The fourth-order valence-electron chi connectivity index (χ4n) is 4.19. The van der Waals surface area contributed by atoms with Gasteiger partial charge >= 0.3 is 6.18 Å². The lowest BCUT2D eigenvalue weighted by Crippen LogP contribution is -2.51. The van der Waals surface area contributed by atoms with Crippen molar-refractivity contribution in [2.45, 2.75) is 25.1 Å². The molecule has 2 aromatic rings. The number of aromatic nitrogens is 3. The highest BCUT2D eigenvalue weighted by atomic mass is 35.5. The van der Waals surface area contributed by atoms with Crippen LogP contribution in [0.5, 0.6) is 0 Å². The van der Waals surface area contributed by atoms with E-state index in [1.54, 1.807) is 9.80 Å². The standard InChI is InChI=1S/C20H21ClF4N6O2/c21-13-9-17(26-10-14(13)22)29-4-6-30(7-5-29)18(32)11-31-3-1-2-16(31)15-8-12(20(23,24)25)19(33)28-27-15/h8-10,16H,1-7,11H2,(H,28,33). The van der Waals surface area contributed by atoms with E-state index in [0.717, 1.165) is 12.3 Å². The minimum atomic E-state index is -4.78. The molecule has 33 heavy (non-hydrogen) atoms. The number of amides is 1. The van der Waals surface area contributed by atoms with Crippen molar-refractivity contribution in [2.24, 2.45) is 0 Å². The van der Waals surface area contributed by atoms with Gasteiger partial charge in [0.15, 0.2) is 5.82 Å². The summed E-state index contributed by atoms with van der Waals surface area (Å²) in [5, 5.41) is 5.71. The molecule has 1 amide bonds. The van der Waals surface area contributed by atoms with Crippen LogP contribution in [0.25, 0.3) is 0 Å². The number of anilines is 1. The first kappa shape index (κ1) is 23.4. The molecule has 0 saturated carbocycles. The predicted octanol–water partition coefficient (Wildman–Crippen LogP) is 2.46. The predicted molar refractivity (Wildman–Crippen MR) is 111 cm³/mol. The van der Waals surface area contributed by atoms with Crippen LogP contribution in [0.1, 0.15) is 30.1 Å². The van der Waals surface area contributed by atoms with Crippen molar-refractivity contribution in [1.29, 1.82) is 0 Å². The van der Waals surface area contributed by atoms with Crippen LogP contribution in [-0.2, 0) is 11.0 Å². The van der Waals surface area contributed by atoms with Crippen LogP contribution < -0.4 is 10.5 Å². The van der Waals surface area contributed by atoms with Crippen molar-refractivity contribution >= 4 is 23.3 Å². The Hall–Kier alpha value is -2.73. The molecule has 13 heteroatoms. The Kier molecular flexibility index (Phi) is 6.57. The smallest absolute Gasteiger partial charge is 0.353 e. The van der Waals surface area contributed by atoms with Gasteiger partial charge in [-0.05, 0) is 25.5 Å². The Morgan fingerprint density at radius 1 is 1.18 bits per heavy atom. The summed E-state index contributed by atoms with van der Waals surface area (Å²) in [7, 11) is 0. The molecule has 2 aliphatic rings. The van der Waals surface area contributed by atoms with Crippen molar-refractivity contribution in [1.82, 2.24) is 25.0 Å². The van der Waals surface area contributed by atoms with Crippen LogP contribution in [-0.4, -0.2) is 70.2 Å². The molecule has 2 aromatic heterocycles. The van der Waals surface area contributed by atoms with Crippen LogP contribution in [0.4, 0.5) is 23.4 Å². The lowest BCUT2D eigenvalue weighted by molar-refractivity contribution is -0.139. The van der Waals surface area contributed by atoms with E-state index in [2.05, 4.69) is 10.1 Å². The van der Waals surface area contributed by atoms with Crippen molar-refractivity contribution in [3.8, 4) is 0 Å². The summed E-state index contributed by atoms with van der Waals surface area (Å²) in [4.78, 5) is 33.8. The number of carbonyl (C=O) groups excluding carboxylic acids is 1. The molecule has 0 spiro atoms. The second-order valence-electron chi connectivity index (χ2n) is 7.99. The molecular formula is C20H21ClF4N6O2. The molecule has 1 atom stereocenters. The van der Waals surface area contributed by atoms with Crippen LogP contribution in [0.15, 0.2) is 23.1 Å². The van der Waals surface area contributed by atoms with Gasteiger partial charge in [0.1, 0.15) is 11.4 Å². The number of nitrogens with zero attached hydrogens (tertiary/aromatic N) is 5. The largest absolute Gasteiger partial charge is 0.421 e. The molecule has 8 nitrogen and oxygen atoms in total. The van der Waals surface area contributed by atoms with Crippen LogP contribution in [0.3, 0.4) is 0 Å². The number of aromatic amines is 1. The summed E-state index contributed by atoms with van der Waals surface area (Å²) in [6.45, 7) is 2.39. The number of alkyl halides is 3. The van der Waals surface area contributed by atoms with Gasteiger partial charge in [0.05, 0.1) is 29.5 Å². The quantitative estimate of drug-likeness (QED) is 0.666. The van der Waals surface area contributed by atoms with E-state index in [4.69, 9.17) is 11.6 Å². The number of hydrogen-bond acceptors (Lipinski definition) is 6. The Bertz CT molecular complexity index is 1090. The van der Waals surface area contributed by atoms with Gasteiger partial charge < -0.3 is 9.80 Å². The van der Waals surface area contributed by atoms with Gasteiger partial charge in [-0.25, -0.2) is 14.5 Å². The zero-order valence-corrected chi connectivity index (χ0v) is 18.2. The summed E-state index contributed by atoms with van der Waals surface area (Å²) in [6, 6.07) is 1.72. The molecule has 0 bridgehead atoms. The number of hydrogen-bond donors (Lipinski definition) is 1. The lowest BCUT2D eigenvalue weighted by atomic mass is 10.1. The van der Waals surface area contributed by atoms with Crippen molar-refractivity contribution in [3.63, 3.8) is 0 Å². The maximum Gasteiger partial charge on any atom is 0.421 e. The second kappa shape index (κ2) is 9.26. The third-order valence-corrected chi connectivity index (χ3v) is 6.21. The summed E-state index contributed by atoms with van der Waals surface area (Å²) in [5.74, 6) is -0.224. The fourth-order valence-corrected chi connectivity index (χ4v) is 4.33. The first-order valence-electron chi connectivity index (χ1n) is 10.4. The third kappa shape index (κ3) is 5.11. The third-order valence-electron chi connectivity index (χ3n) is 5.92. The number of carbonyl (C=O) groups is 1. The number of H-pyrrole nitrogens is 1. The molecule has 2 fully saturated rings. The van der Waals surface area contributed by atoms with Gasteiger partial charge in [-0.15, -0.1) is 0 Å². The van der Waals surface area contributed by atoms with Gasteiger partial charge in [-0.3, -0.25) is 14.5 Å². The number of pyridine rings is 1. The first-order valence-corrected chi connectivity index (χ1v) is 10.8. The molecule has 2 aliphatic heterocycles. The number of nitrogens with one attached hydrogen (secondary N) is 1. The SMILES string of the molecule is O=C(CN1CCCC1c1cc(C(F)(F)F)c(=O)[nH]n1)N1CCN(c2cc(Cl)c(F)cn2)CC1. The van der Waals surface area contributed by atoms with Crippen LogP contribution >= 0.6 is 11.6 Å². The van der Waals surface area contributed by atoms with E-state index in [9.17, 15) is 27.2 Å². The van der Waals surface area contributed by atoms with Gasteiger partial charge in [-0.2, -0.15) is 18.3 Å². The van der Waals surface area contributed by atoms with Crippen molar-refractivity contribution < 1.29 is 22.4 Å². The molecule has 4 heterocycles. The fraction of sp³-hybridized carbons (Fsp3) is 0.500. The Morgan fingerprint density at radius 2 is 1.91 bits per heavy atom. The van der Waals surface area contributed by atoms with Gasteiger partial charge in [0.25, 0.3) is 5.56 Å². The molecule has 2 saturated heterocycles. The number of rotatable bonds is 4. The highest BCUT2D eigenvalue weighted by molar-refractivity contribution is 6.30. The average Bonchev–Trinajstić information content (AvgIpc) is 3.23. The van der Waals surface area contributed by atoms with E-state index >= 15 is 0 Å². The number of likely N-dealkylation sites (tertiary alicyclic amines) is 1. The molecule has 0 aromatic carbocycles. The normalized spacial score (nSPS) is 19.8. The molecule has 178 valence electrons. The lowest BCUT2D eigenvalue weighted by Gasteiger charge is -2.36. The Morgan fingerprint density at radius 3 is 2.58 bits per heavy atom. The van der Waals surface area contributed by atoms with Crippen molar-refractivity contribution in [2.75, 3.05) is 44.2 Å². The zero-order valence-electron chi connectivity index (χ0n) is 17.4. The van der Waals surface area contributed by atoms with Gasteiger partial charge in [0, 0.05) is 32.2 Å². The van der Waals surface area contributed by atoms with E-state index < -0.39 is 29.2 Å². The number of piperazine rings is 1. The zero-order chi connectivity index (χ0) is 23.8. The molecular weight excluding hydrogens is 468 g/mol. The second-order valence-corrected chi connectivity index (χ2v) is 8.39. The highest BCUT2D eigenvalue weighted by Gasteiger charge is 2.37. The summed E-state index contributed by atoms with van der Waals surface area (Å²) < 4.78 is 52.6. The van der Waals surface area contributed by atoms with E-state index in [1.807, 2.05) is 10.00 Å². The van der Waals surface area contributed by atoms with E-state index in [0.29, 0.717) is 51.4 Å². The molecule has 1 unspecified atom stereocenters. The molecule has 0 aliphatic carbocycles. The summed E-state index contributed by atoms with van der Waals surface area (Å²) in [6.07, 6.45) is -2.50. The van der Waals surface area contributed by atoms with E-state index in [1.165, 1.54) is 6.07 Å². The van der Waals surface area contributed by atoms with Crippen LogP contribution in [0, 0.1) is 5.82 Å².